The summed E-state index contributed by atoms with van der Waals surface area (Å²) in [6, 6.07) is 17.4. The number of aromatic nitrogens is 1. The van der Waals surface area contributed by atoms with Crippen molar-refractivity contribution < 1.29 is 62.6 Å². The SMILES string of the molecule is CC(=O)N[C@H](Cc1ccc2ccccc2c1)C(=O)N[C@H](Cc1ccc(Cl)cc1)C(=O)N[C@H](Cc1ccccc1)C(=O)N[C@@H](CO)C(=O)N[C@@H](CCC(N)=O)C(=O)N[C@H](Cc1cccnc1)C(=O)N[C@@H](CC(C)C)C(=O)N[C@@H](CCCN=C(N)N)C(=O)N1CCC[C@H]1C(=O)N[C@H](C)C(N)=O. The summed E-state index contributed by atoms with van der Waals surface area (Å²) in [6.45, 7) is 5.31. The molecule has 99 heavy (non-hydrogen) atoms. The van der Waals surface area contributed by atoms with Gasteiger partial charge in [0, 0.05) is 69.5 Å². The third-order valence-electron chi connectivity index (χ3n) is 16.3. The lowest BCUT2D eigenvalue weighted by molar-refractivity contribution is -0.142. The lowest BCUT2D eigenvalue weighted by Gasteiger charge is -2.31. The topological polar surface area (TPSA) is 466 Å². The number of nitrogens with two attached hydrogens (primary N) is 4. The van der Waals surface area contributed by atoms with Crippen LogP contribution in [0.4, 0.5) is 0 Å². The monoisotopic (exact) mass is 1380 g/mol. The number of nitrogens with zero attached hydrogens (tertiary/aromatic N) is 3. The predicted molar refractivity (Wildman–Crippen MR) is 368 cm³/mol. The van der Waals surface area contributed by atoms with Gasteiger partial charge in [-0.25, -0.2) is 0 Å². The molecule has 30 heteroatoms. The van der Waals surface area contributed by atoms with Crippen molar-refractivity contribution in [2.24, 2.45) is 33.8 Å². The van der Waals surface area contributed by atoms with E-state index in [9.17, 15) is 62.6 Å². The number of aliphatic hydroxyl groups excluding tert-OH is 1. The van der Waals surface area contributed by atoms with Crippen LogP contribution in [0, 0.1) is 5.92 Å². The number of amides is 12. The molecule has 5 aromatic rings. The number of pyridine rings is 1. The first-order chi connectivity index (χ1) is 47.2. The van der Waals surface area contributed by atoms with Gasteiger partial charge in [-0.2, -0.15) is 0 Å². The van der Waals surface area contributed by atoms with E-state index < -0.39 is 151 Å². The van der Waals surface area contributed by atoms with Gasteiger partial charge in [0.25, 0.3) is 0 Å². The highest BCUT2D eigenvalue weighted by atomic mass is 35.5. The fraction of sp³-hybridized carbons (Fsp3) is 0.420. The Morgan fingerprint density at radius 3 is 1.62 bits per heavy atom. The van der Waals surface area contributed by atoms with Crippen LogP contribution in [-0.4, -0.2) is 172 Å². The number of nitrogens with one attached hydrogen (secondary N) is 9. The molecule has 29 nitrogen and oxygen atoms in total. The molecule has 1 saturated heterocycles. The molecule has 2 heterocycles. The number of guanidine groups is 1. The van der Waals surface area contributed by atoms with Crippen LogP contribution in [0.5, 0.6) is 0 Å². The molecule has 1 aliphatic heterocycles. The fourth-order valence-electron chi connectivity index (χ4n) is 11.1. The minimum Gasteiger partial charge on any atom is -0.394 e. The second-order valence-corrected chi connectivity index (χ2v) is 25.2. The quantitative estimate of drug-likeness (QED) is 0.0134. The third kappa shape index (κ3) is 25.1. The number of primary amides is 2. The zero-order valence-electron chi connectivity index (χ0n) is 55.7. The number of rotatable bonds is 37. The average molecular weight is 1390 g/mol. The normalized spacial score (nSPS) is 15.3. The van der Waals surface area contributed by atoms with Crippen LogP contribution in [0.3, 0.4) is 0 Å². The number of aliphatic hydroxyl groups is 1. The zero-order valence-corrected chi connectivity index (χ0v) is 56.4. The molecule has 18 N–H and O–H groups in total. The standard InChI is InChI=1S/C69H89ClN16O13/c1-39(2)31-51(61(92)80-50(18-11-29-76-69(73)74)68(99)86-30-12-19-57(86)67(98)77-40(3)59(72)90)81-64(95)55(36-45-15-10-28-75-37-45)82-60(91)49(26-27-58(71)89)79-66(97)56(38-87)85-65(96)53(33-42-13-6-5-7-14-42)84-63(94)54(34-43-21-24-48(70)25-22-43)83-62(93)52(78-41(4)88)35-44-20-23-46-16-8-9-17-47(46)32-44/h5-10,13-17,20-25,28,32,37,39-40,49-57,87H,11-12,18-19,26-27,29-31,33-36,38H2,1-4H3,(H2,71,89)(H2,72,90)(H,77,98)(H,78,88)(H,79,97)(H,80,92)(H,81,95)(H,82,91)(H,83,93)(H,84,94)(H,85,96)(H4,73,74,76)/t40-,49+,50+,51+,52-,53-,54-,55-,56+,57+/m1/s1. The van der Waals surface area contributed by atoms with Crippen LogP contribution in [0.25, 0.3) is 10.8 Å². The first-order valence-corrected chi connectivity index (χ1v) is 33.0. The molecule has 10 atom stereocenters. The Kier molecular flexibility index (Phi) is 30.0. The maximum atomic E-state index is 14.7. The van der Waals surface area contributed by atoms with Gasteiger partial charge in [-0.1, -0.05) is 116 Å². The summed E-state index contributed by atoms with van der Waals surface area (Å²) in [5.41, 5.74) is 24.3. The van der Waals surface area contributed by atoms with Crippen LogP contribution < -0.4 is 70.8 Å². The zero-order chi connectivity index (χ0) is 72.3. The van der Waals surface area contributed by atoms with Crippen LogP contribution in [-0.2, 0) is 83.2 Å². The Balaban J connectivity index is 1.23. The molecule has 1 fully saturated rings. The Bertz CT molecular complexity index is 3680. The minimum atomic E-state index is -1.85. The van der Waals surface area contributed by atoms with E-state index >= 15 is 0 Å². The van der Waals surface area contributed by atoms with Crippen molar-refractivity contribution >= 4 is 99.2 Å². The smallest absolute Gasteiger partial charge is 0.245 e. The van der Waals surface area contributed by atoms with Gasteiger partial charge in [0.05, 0.1) is 6.61 Å². The van der Waals surface area contributed by atoms with E-state index in [0.717, 1.165) is 10.8 Å². The first-order valence-electron chi connectivity index (χ1n) is 32.6. The van der Waals surface area contributed by atoms with Crippen molar-refractivity contribution in [1.82, 2.24) is 57.7 Å². The number of fused-ring (bicyclic) bond motifs is 1. The highest BCUT2D eigenvalue weighted by Crippen LogP contribution is 2.22. The van der Waals surface area contributed by atoms with E-state index in [4.69, 9.17) is 34.5 Å². The maximum Gasteiger partial charge on any atom is 0.245 e. The van der Waals surface area contributed by atoms with Crippen molar-refractivity contribution in [3.63, 3.8) is 0 Å². The first kappa shape index (κ1) is 77.5. The van der Waals surface area contributed by atoms with Gasteiger partial charge in [-0.05, 0) is 103 Å². The van der Waals surface area contributed by atoms with E-state index in [-0.39, 0.29) is 76.3 Å². The third-order valence-corrected chi connectivity index (χ3v) is 16.5. The van der Waals surface area contributed by atoms with Crippen LogP contribution in [0.2, 0.25) is 5.02 Å². The summed E-state index contributed by atoms with van der Waals surface area (Å²) < 4.78 is 0. The van der Waals surface area contributed by atoms with Crippen LogP contribution in [0.15, 0.2) is 127 Å². The second-order valence-electron chi connectivity index (χ2n) is 24.7. The number of likely N-dealkylation sites (tertiary alicyclic amines) is 1. The predicted octanol–water partition coefficient (Wildman–Crippen LogP) is -0.604. The molecule has 4 aromatic carbocycles. The number of benzene rings is 4. The van der Waals surface area contributed by atoms with Crippen LogP contribution >= 0.6 is 11.6 Å². The molecule has 1 aromatic heterocycles. The Hall–Kier alpha value is -10.5. The van der Waals surface area contributed by atoms with Crippen molar-refractivity contribution in [3.05, 3.63) is 149 Å². The molecule has 0 spiro atoms. The van der Waals surface area contributed by atoms with E-state index in [1.165, 1.54) is 31.1 Å². The number of carbonyl (C=O) groups is 12. The number of aliphatic imine (C=N–C) groups is 1. The fourth-order valence-corrected chi connectivity index (χ4v) is 11.3. The summed E-state index contributed by atoms with van der Waals surface area (Å²) in [5.74, 6) is -10.5. The van der Waals surface area contributed by atoms with Gasteiger partial charge in [0.1, 0.15) is 60.4 Å². The molecule has 12 amide bonds. The molecule has 530 valence electrons. The maximum absolute atomic E-state index is 14.7. The summed E-state index contributed by atoms with van der Waals surface area (Å²) in [5, 5.41) is 36.7. The summed E-state index contributed by atoms with van der Waals surface area (Å²) in [6.07, 6.45) is 2.18. The molecule has 0 saturated carbocycles. The van der Waals surface area contributed by atoms with Gasteiger partial charge in [-0.3, -0.25) is 67.5 Å². The van der Waals surface area contributed by atoms with E-state index in [2.05, 4.69) is 57.8 Å². The summed E-state index contributed by atoms with van der Waals surface area (Å²) in [7, 11) is 0. The highest BCUT2D eigenvalue weighted by Gasteiger charge is 2.40. The number of halogens is 1. The lowest BCUT2D eigenvalue weighted by atomic mass is 9.99. The molecule has 6 rings (SSSR count). The van der Waals surface area contributed by atoms with Crippen molar-refractivity contribution in [2.75, 3.05) is 19.7 Å². The van der Waals surface area contributed by atoms with E-state index in [1.807, 2.05) is 42.5 Å². The molecule has 0 unspecified atom stereocenters. The average Bonchev–Trinajstić information content (AvgIpc) is 1.81. The molecule has 0 bridgehead atoms. The molecular formula is C69H89ClN16O13. The molecule has 0 radical (unpaired) electrons. The Morgan fingerprint density at radius 1 is 0.556 bits per heavy atom. The summed E-state index contributed by atoms with van der Waals surface area (Å²) in [4.78, 5) is 176. The minimum absolute atomic E-state index is 0.00449. The van der Waals surface area contributed by atoms with Gasteiger partial charge in [0.2, 0.25) is 70.9 Å². The largest absolute Gasteiger partial charge is 0.394 e. The Labute approximate surface area is 578 Å². The summed E-state index contributed by atoms with van der Waals surface area (Å²) >= 11 is 6.22. The number of hydrogen-bond acceptors (Lipinski definition) is 15. The van der Waals surface area contributed by atoms with Gasteiger partial charge >= 0.3 is 0 Å². The van der Waals surface area contributed by atoms with Gasteiger partial charge in [-0.15, -0.1) is 0 Å². The Morgan fingerprint density at radius 2 is 1.05 bits per heavy atom. The lowest BCUT2D eigenvalue weighted by Crippen LogP contribution is -2.61. The van der Waals surface area contributed by atoms with Gasteiger partial charge in [0.15, 0.2) is 5.96 Å². The van der Waals surface area contributed by atoms with Gasteiger partial charge < -0.3 is 80.8 Å². The van der Waals surface area contributed by atoms with Crippen molar-refractivity contribution in [3.8, 4) is 0 Å². The van der Waals surface area contributed by atoms with Crippen molar-refractivity contribution in [1.29, 1.82) is 0 Å². The van der Waals surface area contributed by atoms with E-state index in [1.54, 1.807) is 80.6 Å². The highest BCUT2D eigenvalue weighted by molar-refractivity contribution is 6.30. The molecule has 0 aliphatic carbocycles. The van der Waals surface area contributed by atoms with Crippen molar-refractivity contribution in [2.45, 2.75) is 159 Å². The number of hydrogen-bond donors (Lipinski definition) is 14. The molecular weight excluding hydrogens is 1300 g/mol. The number of carbonyl (C=O) groups excluding carboxylic acids is 12. The molecule has 1 aliphatic rings. The second kappa shape index (κ2) is 38.4. The van der Waals surface area contributed by atoms with Crippen LogP contribution in [0.1, 0.15) is 94.9 Å². The van der Waals surface area contributed by atoms with E-state index in [0.29, 0.717) is 33.7 Å².